The van der Waals surface area contributed by atoms with E-state index < -0.39 is 0 Å². The van der Waals surface area contributed by atoms with Crippen molar-refractivity contribution in [2.75, 3.05) is 6.54 Å². The molecule has 1 fully saturated rings. The average molecular weight is 385 g/mol. The SMILES string of the molecule is O=C(NCC(=O)N1N=C(c2cccs2)CC1c1ccc(F)cc1)C1CCC1. The zero-order valence-corrected chi connectivity index (χ0v) is 15.5. The van der Waals surface area contributed by atoms with E-state index in [-0.39, 0.29) is 36.1 Å². The van der Waals surface area contributed by atoms with Crippen LogP contribution < -0.4 is 5.32 Å². The van der Waals surface area contributed by atoms with Crippen LogP contribution in [0.15, 0.2) is 46.9 Å². The Morgan fingerprint density at radius 1 is 1.22 bits per heavy atom. The first kappa shape index (κ1) is 17.9. The Bertz CT molecular complexity index is 860. The van der Waals surface area contributed by atoms with E-state index in [4.69, 9.17) is 0 Å². The Morgan fingerprint density at radius 2 is 2.00 bits per heavy atom. The number of carbonyl (C=O) groups is 2. The van der Waals surface area contributed by atoms with E-state index in [1.165, 1.54) is 17.1 Å². The molecule has 1 N–H and O–H groups in total. The molecule has 0 radical (unpaired) electrons. The van der Waals surface area contributed by atoms with E-state index in [1.54, 1.807) is 23.5 Å². The van der Waals surface area contributed by atoms with Crippen molar-refractivity contribution in [2.45, 2.75) is 31.7 Å². The molecule has 27 heavy (non-hydrogen) atoms. The van der Waals surface area contributed by atoms with Crippen molar-refractivity contribution >= 4 is 28.9 Å². The highest BCUT2D eigenvalue weighted by atomic mass is 32.1. The third kappa shape index (κ3) is 3.78. The number of nitrogens with zero attached hydrogens (tertiary/aromatic N) is 2. The molecule has 1 unspecified atom stereocenters. The summed E-state index contributed by atoms with van der Waals surface area (Å²) in [5, 5.41) is 10.7. The van der Waals surface area contributed by atoms with Crippen LogP contribution in [0.25, 0.3) is 0 Å². The number of benzene rings is 1. The summed E-state index contributed by atoms with van der Waals surface area (Å²) in [5.41, 5.74) is 1.66. The Balaban J connectivity index is 1.52. The van der Waals surface area contributed by atoms with Crippen LogP contribution in [0.1, 0.15) is 42.2 Å². The predicted molar refractivity (Wildman–Crippen MR) is 102 cm³/mol. The van der Waals surface area contributed by atoms with Gasteiger partial charge in [0.1, 0.15) is 5.82 Å². The summed E-state index contributed by atoms with van der Waals surface area (Å²) in [4.78, 5) is 25.8. The number of halogens is 1. The van der Waals surface area contributed by atoms with E-state index in [2.05, 4.69) is 10.4 Å². The number of hydrogen-bond acceptors (Lipinski definition) is 4. The van der Waals surface area contributed by atoms with Gasteiger partial charge in [-0.25, -0.2) is 9.40 Å². The molecule has 0 saturated heterocycles. The lowest BCUT2D eigenvalue weighted by Crippen LogP contribution is -2.41. The van der Waals surface area contributed by atoms with Gasteiger partial charge in [-0.3, -0.25) is 9.59 Å². The minimum Gasteiger partial charge on any atom is -0.347 e. The van der Waals surface area contributed by atoms with Crippen LogP contribution in [-0.2, 0) is 9.59 Å². The van der Waals surface area contributed by atoms with E-state index >= 15 is 0 Å². The van der Waals surface area contributed by atoms with Gasteiger partial charge >= 0.3 is 0 Å². The molecule has 140 valence electrons. The fourth-order valence-electron chi connectivity index (χ4n) is 3.33. The Labute approximate surface area is 160 Å². The summed E-state index contributed by atoms with van der Waals surface area (Å²) in [7, 11) is 0. The van der Waals surface area contributed by atoms with E-state index in [0.717, 1.165) is 35.4 Å². The molecular formula is C20H20FN3O2S. The molecule has 1 atom stereocenters. The Hall–Kier alpha value is -2.54. The van der Waals surface area contributed by atoms with Crippen molar-refractivity contribution in [2.24, 2.45) is 11.0 Å². The maximum absolute atomic E-state index is 13.3. The quantitative estimate of drug-likeness (QED) is 0.857. The highest BCUT2D eigenvalue weighted by Crippen LogP contribution is 2.34. The second-order valence-electron chi connectivity index (χ2n) is 6.88. The largest absolute Gasteiger partial charge is 0.347 e. The van der Waals surface area contributed by atoms with Crippen molar-refractivity contribution in [1.82, 2.24) is 10.3 Å². The first-order valence-electron chi connectivity index (χ1n) is 9.08. The number of hydrogen-bond donors (Lipinski definition) is 1. The van der Waals surface area contributed by atoms with Crippen molar-refractivity contribution in [1.29, 1.82) is 0 Å². The molecule has 2 aromatic rings. The minimum absolute atomic E-state index is 0.0365. The van der Waals surface area contributed by atoms with E-state index in [0.29, 0.717) is 6.42 Å². The number of nitrogens with one attached hydrogen (secondary N) is 1. The first-order valence-corrected chi connectivity index (χ1v) is 9.96. The fourth-order valence-corrected chi connectivity index (χ4v) is 4.06. The predicted octanol–water partition coefficient (Wildman–Crippen LogP) is 3.48. The molecule has 1 aliphatic carbocycles. The number of hydrazone groups is 1. The maximum Gasteiger partial charge on any atom is 0.262 e. The Morgan fingerprint density at radius 3 is 2.63 bits per heavy atom. The van der Waals surface area contributed by atoms with Gasteiger partial charge in [0.15, 0.2) is 0 Å². The highest BCUT2D eigenvalue weighted by Gasteiger charge is 2.34. The van der Waals surface area contributed by atoms with Gasteiger partial charge in [0.05, 0.1) is 23.2 Å². The standard InChI is InChI=1S/C20H20FN3O2S/c21-15-8-6-13(7-9-15)17-11-16(18-5-2-10-27-18)23-24(17)19(25)12-22-20(26)14-3-1-4-14/h2,5-10,14,17H,1,3-4,11-12H2,(H,22,26). The van der Waals surface area contributed by atoms with Gasteiger partial charge in [-0.15, -0.1) is 11.3 Å². The van der Waals surface area contributed by atoms with Crippen LogP contribution in [-0.4, -0.2) is 29.1 Å². The summed E-state index contributed by atoms with van der Waals surface area (Å²) < 4.78 is 13.3. The van der Waals surface area contributed by atoms with Crippen LogP contribution in [0.4, 0.5) is 4.39 Å². The van der Waals surface area contributed by atoms with Crippen molar-refractivity contribution in [3.05, 3.63) is 58.0 Å². The number of amides is 2. The van der Waals surface area contributed by atoms with Gasteiger partial charge in [-0.2, -0.15) is 5.10 Å². The van der Waals surface area contributed by atoms with Gasteiger partial charge in [0, 0.05) is 12.3 Å². The van der Waals surface area contributed by atoms with E-state index in [9.17, 15) is 14.0 Å². The van der Waals surface area contributed by atoms with Crippen LogP contribution >= 0.6 is 11.3 Å². The van der Waals surface area contributed by atoms with Gasteiger partial charge in [0.2, 0.25) is 5.91 Å². The smallest absolute Gasteiger partial charge is 0.262 e. The van der Waals surface area contributed by atoms with E-state index in [1.807, 2.05) is 17.5 Å². The summed E-state index contributed by atoms with van der Waals surface area (Å²) in [6.07, 6.45) is 3.42. The highest BCUT2D eigenvalue weighted by molar-refractivity contribution is 7.12. The zero-order chi connectivity index (χ0) is 18.8. The summed E-state index contributed by atoms with van der Waals surface area (Å²) in [6, 6.07) is 9.76. The molecule has 0 spiro atoms. The third-order valence-corrected chi connectivity index (χ3v) is 6.03. The molecule has 1 saturated carbocycles. The molecule has 2 heterocycles. The van der Waals surface area contributed by atoms with Crippen LogP contribution in [0, 0.1) is 11.7 Å². The van der Waals surface area contributed by atoms with Gasteiger partial charge in [0.25, 0.3) is 5.91 Å². The number of carbonyl (C=O) groups excluding carboxylic acids is 2. The topological polar surface area (TPSA) is 61.8 Å². The molecule has 4 rings (SSSR count). The molecular weight excluding hydrogens is 365 g/mol. The number of rotatable bonds is 5. The molecule has 5 nitrogen and oxygen atoms in total. The normalized spacial score (nSPS) is 19.5. The first-order chi connectivity index (χ1) is 13.1. The molecule has 2 aliphatic rings. The lowest BCUT2D eigenvalue weighted by molar-refractivity contribution is -0.136. The fraction of sp³-hybridized carbons (Fsp3) is 0.350. The molecule has 1 aromatic heterocycles. The zero-order valence-electron chi connectivity index (χ0n) is 14.7. The van der Waals surface area contributed by atoms with Crippen LogP contribution in [0.2, 0.25) is 0 Å². The average Bonchev–Trinajstić information content (AvgIpc) is 3.28. The minimum atomic E-state index is -0.318. The molecule has 1 aromatic carbocycles. The monoisotopic (exact) mass is 385 g/mol. The maximum atomic E-state index is 13.3. The molecule has 1 aliphatic heterocycles. The van der Waals surface area contributed by atoms with Crippen molar-refractivity contribution in [3.8, 4) is 0 Å². The third-order valence-electron chi connectivity index (χ3n) is 5.12. The van der Waals surface area contributed by atoms with Gasteiger partial charge in [-0.1, -0.05) is 24.6 Å². The Kier molecular flexibility index (Phi) is 5.03. The second kappa shape index (κ2) is 7.60. The number of thiophene rings is 1. The summed E-state index contributed by atoms with van der Waals surface area (Å²) in [6.45, 7) is -0.0752. The van der Waals surface area contributed by atoms with Gasteiger partial charge < -0.3 is 5.32 Å². The van der Waals surface area contributed by atoms with Crippen LogP contribution in [0.3, 0.4) is 0 Å². The molecule has 0 bridgehead atoms. The second-order valence-corrected chi connectivity index (χ2v) is 7.83. The van der Waals surface area contributed by atoms with Gasteiger partial charge in [-0.05, 0) is 42.0 Å². The lowest BCUT2D eigenvalue weighted by Gasteiger charge is -2.25. The molecule has 7 heteroatoms. The van der Waals surface area contributed by atoms with Crippen LogP contribution in [0.5, 0.6) is 0 Å². The lowest BCUT2D eigenvalue weighted by atomic mass is 9.85. The summed E-state index contributed by atoms with van der Waals surface area (Å²) >= 11 is 1.57. The van der Waals surface area contributed by atoms with Crippen molar-refractivity contribution < 1.29 is 14.0 Å². The summed E-state index contributed by atoms with van der Waals surface area (Å²) in [5.74, 6) is -0.602. The molecule has 2 amide bonds. The van der Waals surface area contributed by atoms with Crippen molar-refractivity contribution in [3.63, 3.8) is 0 Å².